The Balaban J connectivity index is 1.65. The average molecular weight is 399 g/mol. The number of pyridine rings is 1. The molecule has 0 spiro atoms. The van der Waals surface area contributed by atoms with Crippen LogP contribution < -0.4 is 10.1 Å². The number of rotatable bonds is 6. The van der Waals surface area contributed by atoms with Crippen molar-refractivity contribution < 1.29 is 9.53 Å². The fourth-order valence-electron chi connectivity index (χ4n) is 3.26. The number of para-hydroxylation sites is 1. The molecule has 4 aromatic rings. The normalized spacial score (nSPS) is 11.7. The molecule has 0 aliphatic rings. The molecule has 7 nitrogen and oxygen atoms in total. The third-order valence-corrected chi connectivity index (χ3v) is 4.87. The Kier molecular flexibility index (Phi) is 5.52. The smallest absolute Gasteiger partial charge is 0.274 e. The van der Waals surface area contributed by atoms with E-state index in [2.05, 4.69) is 20.6 Å². The molecule has 4 rings (SSSR count). The highest BCUT2D eigenvalue weighted by Gasteiger charge is 2.22. The predicted octanol–water partition coefficient (Wildman–Crippen LogP) is 3.50. The fraction of sp³-hybridized carbons (Fsp3) is 0.130. The lowest BCUT2D eigenvalue weighted by atomic mass is 9.99. The van der Waals surface area contributed by atoms with Gasteiger partial charge in [0.05, 0.1) is 24.5 Å². The summed E-state index contributed by atoms with van der Waals surface area (Å²) in [5.74, 6) is 0.451. The predicted molar refractivity (Wildman–Crippen MR) is 113 cm³/mol. The topological polar surface area (TPSA) is 81.9 Å². The number of ether oxygens (including phenoxy) is 1. The molecule has 0 aliphatic heterocycles. The zero-order valence-electron chi connectivity index (χ0n) is 16.7. The standard InChI is InChI=1S/C23H21N5O2/c1-16-21(26-27-28(16)19-6-4-3-5-7-19)23(29)25-22(18-12-14-24-15-13-18)17-8-10-20(30-2)11-9-17/h3-15,22H,1-2H3,(H,25,29)/t22-/m1/s1. The van der Waals surface area contributed by atoms with Gasteiger partial charge in [0, 0.05) is 12.4 Å². The number of carbonyl (C=O) groups is 1. The lowest BCUT2D eigenvalue weighted by Crippen LogP contribution is -2.30. The van der Waals surface area contributed by atoms with E-state index in [-0.39, 0.29) is 17.6 Å². The lowest BCUT2D eigenvalue weighted by molar-refractivity contribution is 0.0937. The van der Waals surface area contributed by atoms with Crippen molar-refractivity contribution in [2.45, 2.75) is 13.0 Å². The van der Waals surface area contributed by atoms with Gasteiger partial charge in [-0.3, -0.25) is 9.78 Å². The molecular formula is C23H21N5O2. The van der Waals surface area contributed by atoms with Crippen molar-refractivity contribution in [3.63, 3.8) is 0 Å². The maximum Gasteiger partial charge on any atom is 0.274 e. The fourth-order valence-corrected chi connectivity index (χ4v) is 3.26. The number of methoxy groups -OCH3 is 1. The average Bonchev–Trinajstić information content (AvgIpc) is 3.20. The van der Waals surface area contributed by atoms with Crippen molar-refractivity contribution in [1.82, 2.24) is 25.3 Å². The summed E-state index contributed by atoms with van der Waals surface area (Å²) in [5.41, 5.74) is 3.63. The molecule has 0 saturated heterocycles. The number of carbonyl (C=O) groups excluding carboxylic acids is 1. The van der Waals surface area contributed by atoms with Crippen LogP contribution in [0.3, 0.4) is 0 Å². The van der Waals surface area contributed by atoms with E-state index in [1.165, 1.54) is 0 Å². The van der Waals surface area contributed by atoms with Crippen molar-refractivity contribution in [2.24, 2.45) is 0 Å². The second-order valence-corrected chi connectivity index (χ2v) is 6.73. The van der Waals surface area contributed by atoms with Crippen molar-refractivity contribution in [1.29, 1.82) is 0 Å². The molecule has 0 bridgehead atoms. The van der Waals surface area contributed by atoms with E-state index in [0.29, 0.717) is 5.69 Å². The summed E-state index contributed by atoms with van der Waals surface area (Å²) in [5, 5.41) is 11.4. The number of aromatic nitrogens is 4. The van der Waals surface area contributed by atoms with Gasteiger partial charge in [0.1, 0.15) is 5.75 Å². The van der Waals surface area contributed by atoms with Gasteiger partial charge >= 0.3 is 0 Å². The third kappa shape index (κ3) is 3.91. The largest absolute Gasteiger partial charge is 0.497 e. The van der Waals surface area contributed by atoms with E-state index in [1.807, 2.05) is 73.7 Å². The van der Waals surface area contributed by atoms with Crippen LogP contribution in [-0.2, 0) is 0 Å². The summed E-state index contributed by atoms with van der Waals surface area (Å²) in [4.78, 5) is 17.2. The van der Waals surface area contributed by atoms with Crippen LogP contribution in [0, 0.1) is 6.92 Å². The minimum Gasteiger partial charge on any atom is -0.497 e. The van der Waals surface area contributed by atoms with Gasteiger partial charge in [-0.2, -0.15) is 0 Å². The SMILES string of the molecule is COc1ccc([C@@H](NC(=O)c2nnn(-c3ccccc3)c2C)c2ccncc2)cc1. The Hall–Kier alpha value is -4.00. The van der Waals surface area contributed by atoms with E-state index in [9.17, 15) is 4.79 Å². The van der Waals surface area contributed by atoms with E-state index in [4.69, 9.17) is 4.74 Å². The van der Waals surface area contributed by atoms with E-state index >= 15 is 0 Å². The molecule has 2 heterocycles. The second kappa shape index (κ2) is 8.57. The van der Waals surface area contributed by atoms with Crippen LogP contribution in [0.5, 0.6) is 5.75 Å². The Bertz CT molecular complexity index is 1130. The number of nitrogens with zero attached hydrogens (tertiary/aromatic N) is 4. The van der Waals surface area contributed by atoms with Crippen LogP contribution in [0.4, 0.5) is 0 Å². The maximum atomic E-state index is 13.1. The number of amides is 1. The minimum atomic E-state index is -0.368. The molecule has 0 fully saturated rings. The second-order valence-electron chi connectivity index (χ2n) is 6.73. The van der Waals surface area contributed by atoms with Gasteiger partial charge in [0.2, 0.25) is 0 Å². The summed E-state index contributed by atoms with van der Waals surface area (Å²) >= 11 is 0. The first-order valence-corrected chi connectivity index (χ1v) is 9.50. The van der Waals surface area contributed by atoms with Crippen LogP contribution >= 0.6 is 0 Å². The highest BCUT2D eigenvalue weighted by atomic mass is 16.5. The molecular weight excluding hydrogens is 378 g/mol. The minimum absolute atomic E-state index is 0.284. The first kappa shape index (κ1) is 19.3. The van der Waals surface area contributed by atoms with Crippen LogP contribution in [-0.4, -0.2) is 33.0 Å². The molecule has 0 saturated carbocycles. The molecule has 0 radical (unpaired) electrons. The Morgan fingerprint density at radius 3 is 2.30 bits per heavy atom. The zero-order chi connectivity index (χ0) is 20.9. The monoisotopic (exact) mass is 399 g/mol. The molecule has 0 aliphatic carbocycles. The van der Waals surface area contributed by atoms with Crippen molar-refractivity contribution in [2.75, 3.05) is 7.11 Å². The van der Waals surface area contributed by atoms with Crippen LogP contribution in [0.1, 0.15) is 33.4 Å². The summed E-state index contributed by atoms with van der Waals surface area (Å²) < 4.78 is 6.90. The Morgan fingerprint density at radius 2 is 1.63 bits per heavy atom. The van der Waals surface area contributed by atoms with Gasteiger partial charge in [-0.05, 0) is 54.4 Å². The van der Waals surface area contributed by atoms with E-state index in [0.717, 1.165) is 22.6 Å². The van der Waals surface area contributed by atoms with Gasteiger partial charge in [-0.25, -0.2) is 4.68 Å². The number of nitrogens with one attached hydrogen (secondary N) is 1. The number of hydrogen-bond donors (Lipinski definition) is 1. The Labute approximate surface area is 174 Å². The Morgan fingerprint density at radius 1 is 0.967 bits per heavy atom. The summed E-state index contributed by atoms with van der Waals surface area (Å²) in [6.07, 6.45) is 3.41. The van der Waals surface area contributed by atoms with Crippen LogP contribution in [0.15, 0.2) is 79.1 Å². The highest BCUT2D eigenvalue weighted by molar-refractivity contribution is 5.93. The quantitative estimate of drug-likeness (QED) is 0.537. The molecule has 1 atom stereocenters. The lowest BCUT2D eigenvalue weighted by Gasteiger charge is -2.19. The van der Waals surface area contributed by atoms with Gasteiger partial charge in [0.15, 0.2) is 5.69 Å². The van der Waals surface area contributed by atoms with Gasteiger partial charge in [-0.1, -0.05) is 35.5 Å². The number of hydrogen-bond acceptors (Lipinski definition) is 5. The van der Waals surface area contributed by atoms with E-state index < -0.39 is 0 Å². The van der Waals surface area contributed by atoms with Crippen molar-refractivity contribution >= 4 is 5.91 Å². The van der Waals surface area contributed by atoms with Crippen molar-refractivity contribution in [3.05, 3.63) is 102 Å². The van der Waals surface area contributed by atoms with Crippen LogP contribution in [0.25, 0.3) is 5.69 Å². The molecule has 30 heavy (non-hydrogen) atoms. The van der Waals surface area contributed by atoms with Crippen LogP contribution in [0.2, 0.25) is 0 Å². The molecule has 2 aromatic heterocycles. The summed E-state index contributed by atoms with van der Waals surface area (Å²) in [6, 6.07) is 20.6. The van der Waals surface area contributed by atoms with Gasteiger partial charge in [0.25, 0.3) is 5.91 Å². The van der Waals surface area contributed by atoms with Crippen molar-refractivity contribution in [3.8, 4) is 11.4 Å². The molecule has 7 heteroatoms. The maximum absolute atomic E-state index is 13.1. The number of benzene rings is 2. The van der Waals surface area contributed by atoms with Gasteiger partial charge in [-0.15, -0.1) is 5.10 Å². The summed E-state index contributed by atoms with van der Waals surface area (Å²) in [7, 11) is 1.62. The molecule has 0 unspecified atom stereocenters. The zero-order valence-corrected chi connectivity index (χ0v) is 16.7. The molecule has 150 valence electrons. The highest BCUT2D eigenvalue weighted by Crippen LogP contribution is 2.24. The molecule has 1 amide bonds. The molecule has 1 N–H and O–H groups in total. The summed E-state index contributed by atoms with van der Waals surface area (Å²) in [6.45, 7) is 1.83. The third-order valence-electron chi connectivity index (χ3n) is 4.87. The van der Waals surface area contributed by atoms with E-state index in [1.54, 1.807) is 24.2 Å². The first-order chi connectivity index (χ1) is 14.7. The first-order valence-electron chi connectivity index (χ1n) is 9.50. The van der Waals surface area contributed by atoms with Gasteiger partial charge < -0.3 is 10.1 Å². The molecule has 2 aromatic carbocycles.